The smallest absolute Gasteiger partial charge is 0.254 e. The molecule has 2 aromatic carbocycles. The molecule has 0 radical (unpaired) electrons. The molecule has 0 aromatic heterocycles. The molecule has 0 aliphatic rings. The fourth-order valence-corrected chi connectivity index (χ4v) is 2.59. The Hall–Kier alpha value is -3.36. The van der Waals surface area contributed by atoms with Crippen LogP contribution in [0.5, 0.6) is 0 Å². The number of amides is 3. The standard InChI is InChI=1S/C20H20F3N3O3/c1-3-10-26(20(29)13-4-6-14(7-5-13)24-12(2)27)11-17(28)25-16-9-8-15(21)18(22)19(16)23/h4-9H,3,10-11H2,1-2H3,(H,24,27)(H,25,28). The molecule has 9 heteroatoms. The normalized spacial score (nSPS) is 10.4. The minimum absolute atomic E-state index is 0.250. The maximum Gasteiger partial charge on any atom is 0.254 e. The fraction of sp³-hybridized carbons (Fsp3) is 0.250. The lowest BCUT2D eigenvalue weighted by molar-refractivity contribution is -0.117. The van der Waals surface area contributed by atoms with Crippen molar-refractivity contribution >= 4 is 29.1 Å². The van der Waals surface area contributed by atoms with Gasteiger partial charge < -0.3 is 15.5 Å². The van der Waals surface area contributed by atoms with Gasteiger partial charge in [-0.05, 0) is 42.8 Å². The van der Waals surface area contributed by atoms with Crippen LogP contribution in [0.15, 0.2) is 36.4 Å². The van der Waals surface area contributed by atoms with Gasteiger partial charge >= 0.3 is 0 Å². The van der Waals surface area contributed by atoms with Gasteiger partial charge in [-0.2, -0.15) is 0 Å². The summed E-state index contributed by atoms with van der Waals surface area (Å²) < 4.78 is 40.0. The van der Waals surface area contributed by atoms with Crippen molar-refractivity contribution in [1.29, 1.82) is 0 Å². The zero-order valence-electron chi connectivity index (χ0n) is 15.9. The van der Waals surface area contributed by atoms with Crippen molar-refractivity contribution in [2.45, 2.75) is 20.3 Å². The molecule has 0 fully saturated rings. The van der Waals surface area contributed by atoms with Crippen molar-refractivity contribution in [1.82, 2.24) is 4.90 Å². The lowest BCUT2D eigenvalue weighted by Gasteiger charge is -2.22. The van der Waals surface area contributed by atoms with Crippen LogP contribution in [0.3, 0.4) is 0 Å². The summed E-state index contributed by atoms with van der Waals surface area (Å²) in [6.07, 6.45) is 0.558. The predicted octanol–water partition coefficient (Wildman–Crippen LogP) is 3.55. The van der Waals surface area contributed by atoms with Crippen molar-refractivity contribution in [3.63, 3.8) is 0 Å². The molecule has 0 atom stereocenters. The molecule has 154 valence electrons. The van der Waals surface area contributed by atoms with Crippen molar-refractivity contribution in [3.05, 3.63) is 59.4 Å². The van der Waals surface area contributed by atoms with E-state index < -0.39 is 41.5 Å². The van der Waals surface area contributed by atoms with E-state index in [0.29, 0.717) is 23.7 Å². The van der Waals surface area contributed by atoms with Gasteiger partial charge in [0, 0.05) is 24.7 Å². The van der Waals surface area contributed by atoms with Gasteiger partial charge in [0.05, 0.1) is 5.69 Å². The van der Waals surface area contributed by atoms with Gasteiger partial charge in [-0.25, -0.2) is 13.2 Å². The number of hydrogen-bond acceptors (Lipinski definition) is 3. The van der Waals surface area contributed by atoms with E-state index >= 15 is 0 Å². The summed E-state index contributed by atoms with van der Waals surface area (Å²) in [4.78, 5) is 37.2. The van der Waals surface area contributed by atoms with Gasteiger partial charge in [0.15, 0.2) is 17.5 Å². The fourth-order valence-electron chi connectivity index (χ4n) is 2.59. The quantitative estimate of drug-likeness (QED) is 0.689. The number of carbonyl (C=O) groups is 3. The van der Waals surface area contributed by atoms with E-state index in [1.54, 1.807) is 12.1 Å². The Morgan fingerprint density at radius 3 is 2.17 bits per heavy atom. The lowest BCUT2D eigenvalue weighted by atomic mass is 10.1. The molecule has 0 bridgehead atoms. The molecule has 29 heavy (non-hydrogen) atoms. The van der Waals surface area contributed by atoms with Gasteiger partial charge in [0.2, 0.25) is 11.8 Å². The van der Waals surface area contributed by atoms with Crippen LogP contribution in [0.4, 0.5) is 24.5 Å². The Morgan fingerprint density at radius 2 is 1.59 bits per heavy atom. The molecular weight excluding hydrogens is 387 g/mol. The molecule has 0 aliphatic heterocycles. The van der Waals surface area contributed by atoms with E-state index in [1.807, 2.05) is 6.92 Å². The average molecular weight is 407 g/mol. The van der Waals surface area contributed by atoms with E-state index in [1.165, 1.54) is 24.0 Å². The highest BCUT2D eigenvalue weighted by Crippen LogP contribution is 2.19. The zero-order valence-corrected chi connectivity index (χ0v) is 15.9. The first-order valence-corrected chi connectivity index (χ1v) is 8.83. The van der Waals surface area contributed by atoms with Crippen LogP contribution in [0.25, 0.3) is 0 Å². The third-order valence-corrected chi connectivity index (χ3v) is 3.88. The first kappa shape index (κ1) is 21.9. The Bertz CT molecular complexity index is 917. The summed E-state index contributed by atoms with van der Waals surface area (Å²) in [5.74, 6) is -6.03. The summed E-state index contributed by atoms with van der Waals surface area (Å²) in [5.41, 5.74) is 0.291. The maximum atomic E-state index is 13.7. The molecular formula is C20H20F3N3O3. The molecule has 0 unspecified atom stereocenters. The summed E-state index contributed by atoms with van der Waals surface area (Å²) in [5, 5.41) is 4.72. The van der Waals surface area contributed by atoms with Gasteiger partial charge in [-0.15, -0.1) is 0 Å². The first-order chi connectivity index (χ1) is 13.7. The average Bonchev–Trinajstić information content (AvgIpc) is 2.68. The lowest BCUT2D eigenvalue weighted by Crippen LogP contribution is -2.38. The van der Waals surface area contributed by atoms with Crippen LogP contribution in [0, 0.1) is 17.5 Å². The third kappa shape index (κ3) is 5.81. The monoisotopic (exact) mass is 407 g/mol. The second kappa shape index (κ2) is 9.72. The largest absolute Gasteiger partial charge is 0.329 e. The van der Waals surface area contributed by atoms with E-state index in [-0.39, 0.29) is 12.5 Å². The molecule has 0 heterocycles. The Kier molecular flexibility index (Phi) is 7.35. The number of nitrogens with one attached hydrogen (secondary N) is 2. The first-order valence-electron chi connectivity index (χ1n) is 8.83. The topological polar surface area (TPSA) is 78.5 Å². The molecule has 0 saturated heterocycles. The summed E-state index contributed by atoms with van der Waals surface area (Å²) in [7, 11) is 0. The van der Waals surface area contributed by atoms with E-state index in [4.69, 9.17) is 0 Å². The van der Waals surface area contributed by atoms with Crippen LogP contribution < -0.4 is 10.6 Å². The van der Waals surface area contributed by atoms with Crippen LogP contribution >= 0.6 is 0 Å². The summed E-state index contributed by atoms with van der Waals surface area (Å²) in [6, 6.07) is 7.70. The van der Waals surface area contributed by atoms with Gasteiger partial charge in [-0.3, -0.25) is 14.4 Å². The number of anilines is 2. The Morgan fingerprint density at radius 1 is 0.931 bits per heavy atom. The highest BCUT2D eigenvalue weighted by molar-refractivity contribution is 6.00. The highest BCUT2D eigenvalue weighted by Gasteiger charge is 2.20. The summed E-state index contributed by atoms with van der Waals surface area (Å²) >= 11 is 0. The van der Waals surface area contributed by atoms with E-state index in [0.717, 1.165) is 6.07 Å². The molecule has 2 N–H and O–H groups in total. The molecule has 3 amide bonds. The molecule has 2 rings (SSSR count). The number of nitrogens with zero attached hydrogens (tertiary/aromatic N) is 1. The van der Waals surface area contributed by atoms with E-state index in [2.05, 4.69) is 10.6 Å². The molecule has 6 nitrogen and oxygen atoms in total. The summed E-state index contributed by atoms with van der Waals surface area (Å²) in [6.45, 7) is 3.02. The predicted molar refractivity (Wildman–Crippen MR) is 102 cm³/mol. The Labute approximate surface area is 165 Å². The minimum Gasteiger partial charge on any atom is -0.329 e. The van der Waals surface area contributed by atoms with Crippen LogP contribution in [0.1, 0.15) is 30.6 Å². The van der Waals surface area contributed by atoms with Gasteiger partial charge in [0.25, 0.3) is 5.91 Å². The second-order valence-corrected chi connectivity index (χ2v) is 6.26. The number of hydrogen-bond donors (Lipinski definition) is 2. The van der Waals surface area contributed by atoms with E-state index in [9.17, 15) is 27.6 Å². The van der Waals surface area contributed by atoms with Crippen molar-refractivity contribution < 1.29 is 27.6 Å². The number of benzene rings is 2. The van der Waals surface area contributed by atoms with Crippen LogP contribution in [-0.4, -0.2) is 35.7 Å². The van der Waals surface area contributed by atoms with Crippen molar-refractivity contribution in [2.24, 2.45) is 0 Å². The molecule has 0 saturated carbocycles. The van der Waals surface area contributed by atoms with Crippen molar-refractivity contribution in [2.75, 3.05) is 23.7 Å². The Balaban J connectivity index is 2.10. The molecule has 2 aromatic rings. The van der Waals surface area contributed by atoms with Gasteiger partial charge in [-0.1, -0.05) is 6.92 Å². The number of carbonyl (C=O) groups excluding carboxylic acids is 3. The molecule has 0 aliphatic carbocycles. The minimum atomic E-state index is -1.69. The molecule has 0 spiro atoms. The third-order valence-electron chi connectivity index (χ3n) is 3.88. The zero-order chi connectivity index (χ0) is 21.6. The van der Waals surface area contributed by atoms with Crippen molar-refractivity contribution in [3.8, 4) is 0 Å². The number of rotatable bonds is 7. The highest BCUT2D eigenvalue weighted by atomic mass is 19.2. The SMILES string of the molecule is CCCN(CC(=O)Nc1ccc(F)c(F)c1F)C(=O)c1ccc(NC(C)=O)cc1. The second-order valence-electron chi connectivity index (χ2n) is 6.26. The van der Waals surface area contributed by atoms with Crippen LogP contribution in [0.2, 0.25) is 0 Å². The number of halogens is 3. The van der Waals surface area contributed by atoms with Gasteiger partial charge in [0.1, 0.15) is 6.54 Å². The van der Waals surface area contributed by atoms with Crippen LogP contribution in [-0.2, 0) is 9.59 Å². The maximum absolute atomic E-state index is 13.7.